The molecule has 202 valence electrons. The fourth-order valence-electron chi connectivity index (χ4n) is 6.31. The van der Waals surface area contributed by atoms with Crippen molar-refractivity contribution >= 4 is 32.3 Å². The second-order valence-corrected chi connectivity index (χ2v) is 11.1. The standard InChI is InChI=1S/C41H28N2/c1-27-13-15-29(16-14-27)40-34-7-2-4-9-36(34)41(37-10-5-3-8-35(37)40)33-20-18-30-25-32(19-17-31(30)26-33)39-12-6-11-38(43-39)28-21-23-42-24-22-28/h2-26H,1H3. The van der Waals surface area contributed by atoms with Gasteiger partial charge in [-0.05, 0) is 97.9 Å². The lowest BCUT2D eigenvalue weighted by atomic mass is 9.85. The highest BCUT2D eigenvalue weighted by molar-refractivity contribution is 6.21. The van der Waals surface area contributed by atoms with E-state index in [1.807, 2.05) is 18.2 Å². The molecule has 2 heteroatoms. The van der Waals surface area contributed by atoms with Crippen LogP contribution >= 0.6 is 0 Å². The average Bonchev–Trinajstić information content (AvgIpc) is 3.07. The first-order valence-corrected chi connectivity index (χ1v) is 14.7. The molecule has 8 aromatic rings. The van der Waals surface area contributed by atoms with Gasteiger partial charge in [0.2, 0.25) is 0 Å². The van der Waals surface area contributed by atoms with Gasteiger partial charge in [0, 0.05) is 23.5 Å². The van der Waals surface area contributed by atoms with E-state index in [1.165, 1.54) is 60.1 Å². The van der Waals surface area contributed by atoms with E-state index in [1.54, 1.807) is 12.4 Å². The van der Waals surface area contributed by atoms with Gasteiger partial charge in [-0.2, -0.15) is 0 Å². The number of rotatable bonds is 4. The number of nitrogens with zero attached hydrogens (tertiary/aromatic N) is 2. The quantitative estimate of drug-likeness (QED) is 0.204. The minimum absolute atomic E-state index is 0.947. The Kier molecular flexibility index (Phi) is 6.05. The molecule has 0 aliphatic rings. The van der Waals surface area contributed by atoms with Crippen molar-refractivity contribution in [2.24, 2.45) is 0 Å². The summed E-state index contributed by atoms with van der Waals surface area (Å²) < 4.78 is 0. The minimum atomic E-state index is 0.947. The van der Waals surface area contributed by atoms with E-state index in [9.17, 15) is 0 Å². The third kappa shape index (κ3) is 4.45. The van der Waals surface area contributed by atoms with Crippen LogP contribution in [0.15, 0.2) is 152 Å². The highest BCUT2D eigenvalue weighted by Crippen LogP contribution is 2.44. The lowest BCUT2D eigenvalue weighted by Crippen LogP contribution is -1.91. The van der Waals surface area contributed by atoms with Crippen LogP contribution < -0.4 is 0 Å². The molecule has 0 fully saturated rings. The Bertz CT molecular complexity index is 2230. The molecule has 2 heterocycles. The fraction of sp³-hybridized carbons (Fsp3) is 0.0244. The molecule has 6 aromatic carbocycles. The molecule has 0 saturated carbocycles. The monoisotopic (exact) mass is 548 g/mol. The molecule has 0 radical (unpaired) electrons. The van der Waals surface area contributed by atoms with Crippen molar-refractivity contribution in [1.82, 2.24) is 9.97 Å². The van der Waals surface area contributed by atoms with Gasteiger partial charge >= 0.3 is 0 Å². The molecule has 2 nitrogen and oxygen atoms in total. The first-order valence-electron chi connectivity index (χ1n) is 14.7. The Balaban J connectivity index is 1.28. The SMILES string of the molecule is Cc1ccc(-c2c3ccccc3c(-c3ccc4cc(-c5cccc(-c6ccncc6)n5)ccc4c3)c3ccccc23)cc1. The van der Waals surface area contributed by atoms with Crippen molar-refractivity contribution in [3.8, 4) is 44.8 Å². The smallest absolute Gasteiger partial charge is 0.0710 e. The van der Waals surface area contributed by atoms with Crippen LogP contribution in [0.4, 0.5) is 0 Å². The maximum atomic E-state index is 4.96. The van der Waals surface area contributed by atoms with Gasteiger partial charge in [-0.15, -0.1) is 0 Å². The Hall–Kier alpha value is -5.60. The van der Waals surface area contributed by atoms with E-state index in [-0.39, 0.29) is 0 Å². The van der Waals surface area contributed by atoms with Crippen LogP contribution in [-0.4, -0.2) is 9.97 Å². The molecule has 0 unspecified atom stereocenters. The topological polar surface area (TPSA) is 25.8 Å². The van der Waals surface area contributed by atoms with Crippen molar-refractivity contribution in [2.45, 2.75) is 6.92 Å². The Morgan fingerprint density at radius 3 is 1.49 bits per heavy atom. The fourth-order valence-corrected chi connectivity index (χ4v) is 6.31. The number of aromatic nitrogens is 2. The number of aryl methyl sites for hydroxylation is 1. The molecular formula is C41H28N2. The molecule has 0 atom stereocenters. The summed E-state index contributed by atoms with van der Waals surface area (Å²) in [5.41, 5.74) is 10.4. The van der Waals surface area contributed by atoms with E-state index in [0.717, 1.165) is 22.5 Å². The number of pyridine rings is 2. The Morgan fingerprint density at radius 1 is 0.395 bits per heavy atom. The summed E-state index contributed by atoms with van der Waals surface area (Å²) in [5.74, 6) is 0. The largest absolute Gasteiger partial charge is 0.265 e. The van der Waals surface area contributed by atoms with Gasteiger partial charge in [0.1, 0.15) is 0 Å². The molecule has 0 aliphatic heterocycles. The molecule has 0 saturated heterocycles. The normalized spacial score (nSPS) is 11.4. The molecule has 0 aliphatic carbocycles. The van der Waals surface area contributed by atoms with Gasteiger partial charge < -0.3 is 0 Å². The Labute approximate surface area is 251 Å². The summed E-state index contributed by atoms with van der Waals surface area (Å²) >= 11 is 0. The van der Waals surface area contributed by atoms with Gasteiger partial charge in [-0.25, -0.2) is 4.98 Å². The minimum Gasteiger partial charge on any atom is -0.265 e. The zero-order chi connectivity index (χ0) is 28.8. The summed E-state index contributed by atoms with van der Waals surface area (Å²) in [7, 11) is 0. The predicted octanol–water partition coefficient (Wildman–Crippen LogP) is 10.9. The second kappa shape index (κ2) is 10.3. The summed E-state index contributed by atoms with van der Waals surface area (Å²) in [4.78, 5) is 9.10. The Morgan fingerprint density at radius 2 is 0.884 bits per heavy atom. The van der Waals surface area contributed by atoms with Crippen molar-refractivity contribution in [3.05, 3.63) is 157 Å². The van der Waals surface area contributed by atoms with E-state index in [2.05, 4.69) is 133 Å². The van der Waals surface area contributed by atoms with Crippen molar-refractivity contribution < 1.29 is 0 Å². The predicted molar refractivity (Wildman–Crippen MR) is 181 cm³/mol. The zero-order valence-corrected chi connectivity index (χ0v) is 23.8. The van der Waals surface area contributed by atoms with Crippen LogP contribution in [0.25, 0.3) is 77.1 Å². The summed E-state index contributed by atoms with van der Waals surface area (Å²) in [5, 5.41) is 7.49. The first kappa shape index (κ1) is 25.1. The van der Waals surface area contributed by atoms with Crippen LogP contribution in [0.3, 0.4) is 0 Å². The number of hydrogen-bond acceptors (Lipinski definition) is 2. The zero-order valence-electron chi connectivity index (χ0n) is 23.8. The highest BCUT2D eigenvalue weighted by atomic mass is 14.7. The molecular weight excluding hydrogens is 520 g/mol. The van der Waals surface area contributed by atoms with Gasteiger partial charge in [-0.1, -0.05) is 109 Å². The van der Waals surface area contributed by atoms with E-state index < -0.39 is 0 Å². The molecule has 0 amide bonds. The van der Waals surface area contributed by atoms with Crippen molar-refractivity contribution in [3.63, 3.8) is 0 Å². The van der Waals surface area contributed by atoms with Crippen LogP contribution in [0, 0.1) is 6.92 Å². The molecule has 0 N–H and O–H groups in total. The molecule has 0 spiro atoms. The summed E-state index contributed by atoms with van der Waals surface area (Å²) in [6.07, 6.45) is 3.61. The van der Waals surface area contributed by atoms with E-state index in [0.29, 0.717) is 0 Å². The van der Waals surface area contributed by atoms with Crippen LogP contribution in [0.2, 0.25) is 0 Å². The van der Waals surface area contributed by atoms with Gasteiger partial charge in [0.05, 0.1) is 11.4 Å². The lowest BCUT2D eigenvalue weighted by molar-refractivity contribution is 1.29. The van der Waals surface area contributed by atoms with E-state index in [4.69, 9.17) is 4.98 Å². The molecule has 43 heavy (non-hydrogen) atoms. The maximum Gasteiger partial charge on any atom is 0.0710 e. The summed E-state index contributed by atoms with van der Waals surface area (Å²) in [6, 6.07) is 50.3. The third-order valence-electron chi connectivity index (χ3n) is 8.42. The highest BCUT2D eigenvalue weighted by Gasteiger charge is 2.16. The van der Waals surface area contributed by atoms with Crippen LogP contribution in [-0.2, 0) is 0 Å². The molecule has 2 aromatic heterocycles. The van der Waals surface area contributed by atoms with Gasteiger partial charge in [0.25, 0.3) is 0 Å². The number of benzene rings is 6. The van der Waals surface area contributed by atoms with Gasteiger partial charge in [0.15, 0.2) is 0 Å². The number of hydrogen-bond donors (Lipinski definition) is 0. The molecule has 0 bridgehead atoms. The maximum absolute atomic E-state index is 4.96. The molecule has 8 rings (SSSR count). The summed E-state index contributed by atoms with van der Waals surface area (Å²) in [6.45, 7) is 2.14. The second-order valence-electron chi connectivity index (χ2n) is 11.1. The first-order chi connectivity index (χ1) is 21.2. The van der Waals surface area contributed by atoms with Crippen LogP contribution in [0.1, 0.15) is 5.56 Å². The average molecular weight is 549 g/mol. The lowest BCUT2D eigenvalue weighted by Gasteiger charge is -2.18. The van der Waals surface area contributed by atoms with Gasteiger partial charge in [-0.3, -0.25) is 4.98 Å². The number of fused-ring (bicyclic) bond motifs is 3. The van der Waals surface area contributed by atoms with E-state index >= 15 is 0 Å². The van der Waals surface area contributed by atoms with Crippen molar-refractivity contribution in [2.75, 3.05) is 0 Å². The van der Waals surface area contributed by atoms with Crippen molar-refractivity contribution in [1.29, 1.82) is 0 Å². The van der Waals surface area contributed by atoms with Crippen LogP contribution in [0.5, 0.6) is 0 Å². The third-order valence-corrected chi connectivity index (χ3v) is 8.42.